The maximum atomic E-state index is 11.5. The molecule has 5 heteroatoms. The Morgan fingerprint density at radius 2 is 2.43 bits per heavy atom. The highest BCUT2D eigenvalue weighted by molar-refractivity contribution is 5.86. The Balaban J connectivity index is 2.61. The molecule has 1 amide bonds. The molecule has 0 aromatic carbocycles. The molecule has 0 radical (unpaired) electrons. The fraction of sp³-hybridized carbons (Fsp3) is 0.556. The van der Waals surface area contributed by atoms with E-state index in [0.717, 1.165) is 0 Å². The average molecular weight is 198 g/mol. The number of nitrogens with zero attached hydrogens (tertiary/aromatic N) is 1. The molecule has 0 bridgehead atoms. The number of esters is 1. The predicted molar refractivity (Wildman–Crippen MR) is 50.3 cm³/mol. The number of rotatable bonds is 2. The molecule has 0 unspecified atom stereocenters. The fourth-order valence-electron chi connectivity index (χ4n) is 1.23. The van der Waals surface area contributed by atoms with Gasteiger partial charge in [-0.15, -0.1) is 0 Å². The highest BCUT2D eigenvalue weighted by Gasteiger charge is 2.23. The molecule has 1 aliphatic rings. The third-order valence-electron chi connectivity index (χ3n) is 2.06. The van der Waals surface area contributed by atoms with Crippen LogP contribution in [0.4, 0.5) is 0 Å². The average Bonchev–Trinajstić information content (AvgIpc) is 2.33. The van der Waals surface area contributed by atoms with Crippen LogP contribution in [0.5, 0.6) is 0 Å². The van der Waals surface area contributed by atoms with Crippen molar-refractivity contribution in [2.45, 2.75) is 12.5 Å². The molecule has 0 aromatic rings. The lowest BCUT2D eigenvalue weighted by Gasteiger charge is -2.20. The number of methoxy groups -OCH3 is 1. The maximum Gasteiger partial charge on any atom is 0.325 e. The van der Waals surface area contributed by atoms with Crippen molar-refractivity contribution in [2.75, 3.05) is 20.2 Å². The Labute approximate surface area is 82.5 Å². The van der Waals surface area contributed by atoms with Gasteiger partial charge in [0.25, 0.3) is 0 Å². The molecule has 1 heterocycles. The zero-order chi connectivity index (χ0) is 10.6. The van der Waals surface area contributed by atoms with Gasteiger partial charge in [-0.3, -0.25) is 9.59 Å². The zero-order valence-corrected chi connectivity index (χ0v) is 8.10. The van der Waals surface area contributed by atoms with Crippen LogP contribution >= 0.6 is 0 Å². The topological polar surface area (TPSA) is 72.6 Å². The molecule has 1 atom stereocenters. The normalized spacial score (nSPS) is 22.0. The van der Waals surface area contributed by atoms with Crippen molar-refractivity contribution in [1.82, 2.24) is 4.90 Å². The van der Waals surface area contributed by atoms with Crippen LogP contribution in [0.3, 0.4) is 0 Å². The standard InChI is InChI=1S/C9H14N2O3/c1-14-8(12)6-11-5-3-2-4-7(10)9(11)13/h2-3,7H,4-6,10H2,1H3/t7-/m0/s1. The SMILES string of the molecule is COC(=O)CN1CC=CC[C@H](N)C1=O. The van der Waals surface area contributed by atoms with Crippen molar-refractivity contribution in [3.8, 4) is 0 Å². The molecule has 1 aliphatic heterocycles. The first-order valence-electron chi connectivity index (χ1n) is 4.41. The van der Waals surface area contributed by atoms with Crippen molar-refractivity contribution < 1.29 is 14.3 Å². The van der Waals surface area contributed by atoms with Crippen LogP contribution in [0.2, 0.25) is 0 Å². The summed E-state index contributed by atoms with van der Waals surface area (Å²) in [5.41, 5.74) is 5.59. The molecule has 0 spiro atoms. The van der Waals surface area contributed by atoms with Gasteiger partial charge in [-0.25, -0.2) is 0 Å². The lowest BCUT2D eigenvalue weighted by molar-refractivity contribution is -0.146. The van der Waals surface area contributed by atoms with Crippen molar-refractivity contribution in [3.05, 3.63) is 12.2 Å². The van der Waals surface area contributed by atoms with Crippen LogP contribution in [0.25, 0.3) is 0 Å². The molecule has 2 N–H and O–H groups in total. The summed E-state index contributed by atoms with van der Waals surface area (Å²) >= 11 is 0. The van der Waals surface area contributed by atoms with E-state index in [2.05, 4.69) is 4.74 Å². The highest BCUT2D eigenvalue weighted by Crippen LogP contribution is 2.04. The van der Waals surface area contributed by atoms with E-state index in [1.165, 1.54) is 12.0 Å². The minimum Gasteiger partial charge on any atom is -0.468 e. The van der Waals surface area contributed by atoms with Crippen LogP contribution in [0.15, 0.2) is 12.2 Å². The molecule has 1 rings (SSSR count). The van der Waals surface area contributed by atoms with E-state index in [9.17, 15) is 9.59 Å². The number of hydrogen-bond donors (Lipinski definition) is 1. The lowest BCUT2D eigenvalue weighted by atomic mass is 10.2. The molecule has 78 valence electrons. The van der Waals surface area contributed by atoms with Gasteiger partial charge >= 0.3 is 5.97 Å². The van der Waals surface area contributed by atoms with Gasteiger partial charge in [0.05, 0.1) is 13.2 Å². The first kappa shape index (κ1) is 10.7. The van der Waals surface area contributed by atoms with E-state index < -0.39 is 12.0 Å². The molecule has 14 heavy (non-hydrogen) atoms. The maximum absolute atomic E-state index is 11.5. The second kappa shape index (κ2) is 4.76. The first-order valence-corrected chi connectivity index (χ1v) is 4.41. The van der Waals surface area contributed by atoms with Gasteiger partial charge < -0.3 is 15.4 Å². The first-order chi connectivity index (χ1) is 6.65. The summed E-state index contributed by atoms with van der Waals surface area (Å²) in [7, 11) is 1.29. The van der Waals surface area contributed by atoms with Gasteiger partial charge in [0, 0.05) is 6.54 Å². The van der Waals surface area contributed by atoms with Gasteiger partial charge in [0.15, 0.2) is 0 Å². The lowest BCUT2D eigenvalue weighted by Crippen LogP contribution is -2.44. The van der Waals surface area contributed by atoms with Crippen LogP contribution in [0.1, 0.15) is 6.42 Å². The number of carbonyl (C=O) groups excluding carboxylic acids is 2. The van der Waals surface area contributed by atoms with Crippen LogP contribution in [0, 0.1) is 0 Å². The second-order valence-corrected chi connectivity index (χ2v) is 3.11. The van der Waals surface area contributed by atoms with E-state index in [1.54, 1.807) is 0 Å². The summed E-state index contributed by atoms with van der Waals surface area (Å²) in [4.78, 5) is 23.9. The van der Waals surface area contributed by atoms with Crippen LogP contribution in [-0.4, -0.2) is 43.0 Å². The number of amides is 1. The van der Waals surface area contributed by atoms with Crippen molar-refractivity contribution in [3.63, 3.8) is 0 Å². The summed E-state index contributed by atoms with van der Waals surface area (Å²) in [5.74, 6) is -0.638. The third kappa shape index (κ3) is 2.56. The molecule has 0 aromatic heterocycles. The number of ether oxygens (including phenoxy) is 1. The van der Waals surface area contributed by atoms with E-state index in [-0.39, 0.29) is 12.5 Å². The second-order valence-electron chi connectivity index (χ2n) is 3.11. The minimum atomic E-state index is -0.543. The Morgan fingerprint density at radius 1 is 1.71 bits per heavy atom. The molecule has 0 aliphatic carbocycles. The predicted octanol–water partition coefficient (Wildman–Crippen LogP) is -0.725. The van der Waals surface area contributed by atoms with E-state index >= 15 is 0 Å². The monoisotopic (exact) mass is 198 g/mol. The number of carbonyl (C=O) groups is 2. The van der Waals surface area contributed by atoms with Gasteiger partial charge in [-0.05, 0) is 6.42 Å². The molecule has 5 nitrogen and oxygen atoms in total. The summed E-state index contributed by atoms with van der Waals surface area (Å²) in [5, 5.41) is 0. The fourth-order valence-corrected chi connectivity index (χ4v) is 1.23. The summed E-state index contributed by atoms with van der Waals surface area (Å²) in [6, 6.07) is -0.543. The Bertz CT molecular complexity index is 263. The summed E-state index contributed by atoms with van der Waals surface area (Å²) in [6.45, 7) is 0.384. The quantitative estimate of drug-likeness (QED) is 0.469. The van der Waals surface area contributed by atoms with E-state index in [0.29, 0.717) is 13.0 Å². The van der Waals surface area contributed by atoms with Gasteiger partial charge in [0.2, 0.25) is 5.91 Å². The number of nitrogens with two attached hydrogens (primary N) is 1. The van der Waals surface area contributed by atoms with Gasteiger partial charge in [0.1, 0.15) is 6.54 Å². The van der Waals surface area contributed by atoms with Gasteiger partial charge in [-0.2, -0.15) is 0 Å². The van der Waals surface area contributed by atoms with Gasteiger partial charge in [-0.1, -0.05) is 12.2 Å². The minimum absolute atomic E-state index is 0.0344. The Kier molecular flexibility index (Phi) is 3.64. The molecule has 0 fully saturated rings. The van der Waals surface area contributed by atoms with Crippen LogP contribution in [-0.2, 0) is 14.3 Å². The van der Waals surface area contributed by atoms with Crippen molar-refractivity contribution >= 4 is 11.9 Å². The summed E-state index contributed by atoms with van der Waals surface area (Å²) in [6.07, 6.45) is 4.20. The Hall–Kier alpha value is -1.36. The summed E-state index contributed by atoms with van der Waals surface area (Å²) < 4.78 is 4.48. The van der Waals surface area contributed by atoms with E-state index in [4.69, 9.17) is 5.73 Å². The van der Waals surface area contributed by atoms with E-state index in [1.807, 2.05) is 12.2 Å². The molecule has 0 saturated carbocycles. The largest absolute Gasteiger partial charge is 0.468 e. The smallest absolute Gasteiger partial charge is 0.325 e. The van der Waals surface area contributed by atoms with Crippen molar-refractivity contribution in [2.24, 2.45) is 5.73 Å². The van der Waals surface area contributed by atoms with Crippen LogP contribution < -0.4 is 5.73 Å². The highest BCUT2D eigenvalue weighted by atomic mass is 16.5. The zero-order valence-electron chi connectivity index (χ0n) is 8.10. The van der Waals surface area contributed by atoms with Crippen molar-refractivity contribution in [1.29, 1.82) is 0 Å². The molecular weight excluding hydrogens is 184 g/mol. The number of hydrogen-bond acceptors (Lipinski definition) is 4. The Morgan fingerprint density at radius 3 is 3.07 bits per heavy atom. The molecular formula is C9H14N2O3. The molecule has 0 saturated heterocycles. The third-order valence-corrected chi connectivity index (χ3v) is 2.06.